The number of anilines is 2. The molecule has 0 atom stereocenters. The number of carbonyl (C=O) groups excluding carboxylic acids is 4. The predicted molar refractivity (Wildman–Crippen MR) is 134 cm³/mol. The van der Waals surface area contributed by atoms with Gasteiger partial charge in [0.05, 0.1) is 26.4 Å². The first-order valence-electron chi connectivity index (χ1n) is 10.0. The Labute approximate surface area is 211 Å². The first kappa shape index (κ1) is 27.3. The second kappa shape index (κ2) is 11.0. The minimum Gasteiger partial charge on any atom is -0.505 e. The van der Waals surface area contributed by atoms with Gasteiger partial charge in [0, 0.05) is 17.5 Å². The highest BCUT2D eigenvalue weighted by molar-refractivity contribution is 6.68. The molecule has 3 N–H and O–H groups in total. The van der Waals surface area contributed by atoms with E-state index >= 15 is 0 Å². The fourth-order valence-corrected chi connectivity index (χ4v) is 3.19. The van der Waals surface area contributed by atoms with Crippen molar-refractivity contribution in [1.82, 2.24) is 0 Å². The van der Waals surface area contributed by atoms with Crippen LogP contribution in [0.3, 0.4) is 0 Å². The summed E-state index contributed by atoms with van der Waals surface area (Å²) in [7, 11) is 0. The molecule has 0 radical (unpaired) electrons. The molecule has 180 valence electrons. The SMILES string of the molecule is CCC(=O)C(=O)Nc1ccc(Cl)c(NC(=O)/C(=N\c2cc(Cl)c(O)c(Cl)c2)C(=O)C(C)(C)C)c1. The highest BCUT2D eigenvalue weighted by atomic mass is 35.5. The number of benzene rings is 2. The first-order chi connectivity index (χ1) is 15.7. The fraction of sp³-hybridized carbons (Fsp3) is 0.261. The molecule has 0 aliphatic carbocycles. The van der Waals surface area contributed by atoms with E-state index in [1.807, 2.05) is 0 Å². The number of phenols is 1. The molecule has 2 amide bonds. The molecular weight excluding hydrogens is 505 g/mol. The number of nitrogens with zero attached hydrogens (tertiary/aromatic N) is 1. The summed E-state index contributed by atoms with van der Waals surface area (Å²) in [6.07, 6.45) is 0.0308. The number of Topliss-reactive ketones (excluding diaryl/α,β-unsaturated/α-hetero) is 2. The lowest BCUT2D eigenvalue weighted by Crippen LogP contribution is -2.37. The molecule has 0 fully saturated rings. The van der Waals surface area contributed by atoms with Crippen molar-refractivity contribution in [3.8, 4) is 5.75 Å². The number of aliphatic imine (C=N–C) groups is 1. The van der Waals surface area contributed by atoms with E-state index in [0.717, 1.165) is 0 Å². The smallest absolute Gasteiger partial charge is 0.291 e. The Kier molecular flexibility index (Phi) is 8.83. The molecule has 34 heavy (non-hydrogen) atoms. The van der Waals surface area contributed by atoms with Crippen molar-refractivity contribution in [2.45, 2.75) is 34.1 Å². The maximum Gasteiger partial charge on any atom is 0.291 e. The van der Waals surface area contributed by atoms with Crippen molar-refractivity contribution in [3.63, 3.8) is 0 Å². The van der Waals surface area contributed by atoms with Gasteiger partial charge in [-0.3, -0.25) is 19.2 Å². The quantitative estimate of drug-likeness (QED) is 0.246. The Bertz CT molecular complexity index is 1180. The largest absolute Gasteiger partial charge is 0.505 e. The zero-order chi connectivity index (χ0) is 25.8. The van der Waals surface area contributed by atoms with Crippen LogP contribution in [0.2, 0.25) is 15.1 Å². The van der Waals surface area contributed by atoms with Gasteiger partial charge in [0.15, 0.2) is 17.2 Å². The van der Waals surface area contributed by atoms with Crippen molar-refractivity contribution < 1.29 is 24.3 Å². The van der Waals surface area contributed by atoms with Gasteiger partial charge in [-0.05, 0) is 30.3 Å². The minimum atomic E-state index is -0.971. The van der Waals surface area contributed by atoms with Gasteiger partial charge in [0.1, 0.15) is 0 Å². The van der Waals surface area contributed by atoms with Gasteiger partial charge in [-0.1, -0.05) is 62.5 Å². The molecule has 0 unspecified atom stereocenters. The normalized spacial score (nSPS) is 11.7. The Morgan fingerprint density at radius 2 is 1.50 bits per heavy atom. The summed E-state index contributed by atoms with van der Waals surface area (Å²) < 4.78 is 0. The third-order valence-corrected chi connectivity index (χ3v) is 5.31. The van der Waals surface area contributed by atoms with E-state index in [9.17, 15) is 24.3 Å². The summed E-state index contributed by atoms with van der Waals surface area (Å²) in [6, 6.07) is 6.70. The molecule has 2 aromatic carbocycles. The Balaban J connectivity index is 2.45. The molecule has 0 heterocycles. The highest BCUT2D eigenvalue weighted by Crippen LogP contribution is 2.36. The topological polar surface area (TPSA) is 125 Å². The third-order valence-electron chi connectivity index (χ3n) is 4.40. The van der Waals surface area contributed by atoms with Crippen LogP contribution in [0.25, 0.3) is 0 Å². The summed E-state index contributed by atoms with van der Waals surface area (Å²) in [6.45, 7) is 6.39. The molecule has 0 saturated heterocycles. The van der Waals surface area contributed by atoms with Crippen molar-refractivity contribution in [3.05, 3.63) is 45.4 Å². The molecule has 2 rings (SSSR count). The lowest BCUT2D eigenvalue weighted by atomic mass is 9.87. The van der Waals surface area contributed by atoms with E-state index in [-0.39, 0.29) is 44.3 Å². The van der Waals surface area contributed by atoms with Crippen LogP contribution in [-0.2, 0) is 19.2 Å². The zero-order valence-corrected chi connectivity index (χ0v) is 21.0. The van der Waals surface area contributed by atoms with E-state index < -0.39 is 34.5 Å². The van der Waals surface area contributed by atoms with Crippen molar-refractivity contribution in [2.24, 2.45) is 10.4 Å². The van der Waals surface area contributed by atoms with Gasteiger partial charge in [0.25, 0.3) is 11.8 Å². The second-order valence-electron chi connectivity index (χ2n) is 8.18. The first-order valence-corrected chi connectivity index (χ1v) is 11.1. The Morgan fingerprint density at radius 1 is 0.912 bits per heavy atom. The van der Waals surface area contributed by atoms with Gasteiger partial charge < -0.3 is 15.7 Å². The van der Waals surface area contributed by atoms with Gasteiger partial charge in [-0.2, -0.15) is 0 Å². The van der Waals surface area contributed by atoms with Crippen LogP contribution >= 0.6 is 34.8 Å². The summed E-state index contributed by atoms with van der Waals surface area (Å²) in [5.74, 6) is -3.25. The number of phenolic OH excluding ortho intramolecular Hbond substituents is 1. The van der Waals surface area contributed by atoms with E-state index in [1.54, 1.807) is 27.7 Å². The van der Waals surface area contributed by atoms with Gasteiger partial charge >= 0.3 is 0 Å². The number of amides is 2. The predicted octanol–water partition coefficient (Wildman–Crippen LogP) is 5.60. The average Bonchev–Trinajstić information content (AvgIpc) is 2.76. The summed E-state index contributed by atoms with van der Waals surface area (Å²) in [4.78, 5) is 53.7. The van der Waals surface area contributed by atoms with E-state index in [2.05, 4.69) is 15.6 Å². The van der Waals surface area contributed by atoms with Crippen LogP contribution in [-0.4, -0.2) is 34.2 Å². The summed E-state index contributed by atoms with van der Waals surface area (Å²) in [5, 5.41) is 14.6. The lowest BCUT2D eigenvalue weighted by molar-refractivity contribution is -0.134. The molecule has 11 heteroatoms. The molecule has 0 saturated carbocycles. The number of ketones is 2. The van der Waals surface area contributed by atoms with Gasteiger partial charge in [-0.25, -0.2) is 4.99 Å². The maximum absolute atomic E-state index is 13.1. The number of rotatable bonds is 7. The molecule has 2 aromatic rings. The minimum absolute atomic E-state index is 0.0308. The third kappa shape index (κ3) is 6.79. The van der Waals surface area contributed by atoms with Crippen LogP contribution in [0.1, 0.15) is 34.1 Å². The number of nitrogens with one attached hydrogen (secondary N) is 2. The van der Waals surface area contributed by atoms with Crippen molar-refractivity contribution >= 4 is 81.0 Å². The molecule has 0 spiro atoms. The molecule has 0 aliphatic heterocycles. The van der Waals surface area contributed by atoms with E-state index in [4.69, 9.17) is 34.8 Å². The van der Waals surface area contributed by atoms with Crippen molar-refractivity contribution in [1.29, 1.82) is 0 Å². The molecule has 8 nitrogen and oxygen atoms in total. The molecule has 0 aliphatic rings. The maximum atomic E-state index is 13.1. The molecule has 0 aromatic heterocycles. The van der Waals surface area contributed by atoms with Crippen LogP contribution < -0.4 is 10.6 Å². The van der Waals surface area contributed by atoms with Gasteiger partial charge in [-0.15, -0.1) is 0 Å². The van der Waals surface area contributed by atoms with Crippen LogP contribution in [0.15, 0.2) is 35.3 Å². The van der Waals surface area contributed by atoms with E-state index in [1.165, 1.54) is 30.3 Å². The van der Waals surface area contributed by atoms with Crippen molar-refractivity contribution in [2.75, 3.05) is 10.6 Å². The Hall–Kier alpha value is -2.94. The fourth-order valence-electron chi connectivity index (χ4n) is 2.55. The number of halogens is 3. The summed E-state index contributed by atoms with van der Waals surface area (Å²) >= 11 is 18.0. The number of carbonyl (C=O) groups is 4. The number of hydrogen-bond donors (Lipinski definition) is 3. The van der Waals surface area contributed by atoms with Gasteiger partial charge in [0.2, 0.25) is 5.78 Å². The standard InChI is InChI=1S/C23H22Cl3N3O5/c1-5-17(30)21(33)28-11-6-7-13(24)16(10-11)29-22(34)18(20(32)23(2,3)4)27-12-8-14(25)19(31)15(26)9-12/h6-10,31H,5H2,1-4H3,(H,28,33)(H,29,34)/b27-18-. The Morgan fingerprint density at radius 3 is 2.03 bits per heavy atom. The lowest BCUT2D eigenvalue weighted by Gasteiger charge is -2.18. The number of hydrogen-bond acceptors (Lipinski definition) is 6. The molecular formula is C23H22Cl3N3O5. The van der Waals surface area contributed by atoms with Crippen LogP contribution in [0.5, 0.6) is 5.75 Å². The monoisotopic (exact) mass is 525 g/mol. The van der Waals surface area contributed by atoms with Crippen LogP contribution in [0.4, 0.5) is 17.1 Å². The summed E-state index contributed by atoms with van der Waals surface area (Å²) in [5.41, 5.74) is -1.08. The highest BCUT2D eigenvalue weighted by Gasteiger charge is 2.31. The number of aromatic hydroxyl groups is 1. The zero-order valence-electron chi connectivity index (χ0n) is 18.8. The molecule has 0 bridgehead atoms. The van der Waals surface area contributed by atoms with E-state index in [0.29, 0.717) is 0 Å². The van der Waals surface area contributed by atoms with Crippen LogP contribution in [0, 0.1) is 5.41 Å². The second-order valence-corrected chi connectivity index (χ2v) is 9.40. The average molecular weight is 527 g/mol.